The van der Waals surface area contributed by atoms with Gasteiger partial charge < -0.3 is 20.3 Å². The standard InChI is InChI=1S/C15H25NO3/c1-5-15(17,6-2)10-19-13-8-7-12(11(3)16)9-14(13)18-4/h7-9,11,17H,5-6,10,16H2,1-4H3. The van der Waals surface area contributed by atoms with Crippen LogP contribution in [0.25, 0.3) is 0 Å². The second-order valence-electron chi connectivity index (χ2n) is 4.92. The van der Waals surface area contributed by atoms with E-state index in [1.807, 2.05) is 39.0 Å². The molecule has 4 nitrogen and oxygen atoms in total. The van der Waals surface area contributed by atoms with Crippen LogP contribution in [0.4, 0.5) is 0 Å². The molecular formula is C15H25NO3. The van der Waals surface area contributed by atoms with Crippen molar-refractivity contribution in [1.82, 2.24) is 0 Å². The molecule has 0 heterocycles. The molecule has 0 bridgehead atoms. The number of ether oxygens (including phenoxy) is 2. The fourth-order valence-electron chi connectivity index (χ4n) is 1.75. The van der Waals surface area contributed by atoms with Crippen molar-refractivity contribution >= 4 is 0 Å². The smallest absolute Gasteiger partial charge is 0.161 e. The van der Waals surface area contributed by atoms with Crippen LogP contribution in [0.2, 0.25) is 0 Å². The number of methoxy groups -OCH3 is 1. The van der Waals surface area contributed by atoms with Crippen LogP contribution >= 0.6 is 0 Å². The largest absolute Gasteiger partial charge is 0.493 e. The highest BCUT2D eigenvalue weighted by Gasteiger charge is 2.23. The van der Waals surface area contributed by atoms with E-state index in [0.29, 0.717) is 24.3 Å². The summed E-state index contributed by atoms with van der Waals surface area (Å²) in [4.78, 5) is 0. The van der Waals surface area contributed by atoms with Gasteiger partial charge in [-0.05, 0) is 37.5 Å². The molecule has 0 radical (unpaired) electrons. The van der Waals surface area contributed by atoms with E-state index in [-0.39, 0.29) is 12.6 Å². The van der Waals surface area contributed by atoms with Gasteiger partial charge in [0.15, 0.2) is 11.5 Å². The minimum Gasteiger partial charge on any atom is -0.493 e. The maximum absolute atomic E-state index is 10.2. The Kier molecular flexibility index (Phi) is 5.63. The molecule has 3 N–H and O–H groups in total. The van der Waals surface area contributed by atoms with Crippen LogP contribution in [0.15, 0.2) is 18.2 Å². The highest BCUT2D eigenvalue weighted by molar-refractivity contribution is 5.43. The lowest BCUT2D eigenvalue weighted by atomic mass is 9.99. The average molecular weight is 267 g/mol. The summed E-state index contributed by atoms with van der Waals surface area (Å²) in [6.45, 7) is 6.07. The van der Waals surface area contributed by atoms with Crippen molar-refractivity contribution in [3.63, 3.8) is 0 Å². The fourth-order valence-corrected chi connectivity index (χ4v) is 1.75. The van der Waals surface area contributed by atoms with Gasteiger partial charge in [0.1, 0.15) is 6.61 Å². The molecule has 1 atom stereocenters. The Balaban J connectivity index is 2.84. The first kappa shape index (κ1) is 15.8. The number of rotatable bonds is 7. The predicted octanol–water partition coefficient (Wildman–Crippen LogP) is 2.64. The normalized spacial score (nSPS) is 13.2. The molecule has 1 rings (SSSR count). The van der Waals surface area contributed by atoms with Crippen molar-refractivity contribution in [2.75, 3.05) is 13.7 Å². The van der Waals surface area contributed by atoms with Gasteiger partial charge in [-0.3, -0.25) is 0 Å². The molecule has 1 aromatic carbocycles. The van der Waals surface area contributed by atoms with Gasteiger partial charge in [-0.2, -0.15) is 0 Å². The molecule has 0 saturated heterocycles. The first-order chi connectivity index (χ1) is 8.95. The van der Waals surface area contributed by atoms with Gasteiger partial charge in [-0.25, -0.2) is 0 Å². The SMILES string of the molecule is CCC(O)(CC)COc1ccc(C(C)N)cc1OC. The summed E-state index contributed by atoms with van der Waals surface area (Å²) in [5.74, 6) is 1.27. The van der Waals surface area contributed by atoms with Crippen LogP contribution < -0.4 is 15.2 Å². The molecule has 4 heteroatoms. The average Bonchev–Trinajstić information content (AvgIpc) is 2.44. The summed E-state index contributed by atoms with van der Waals surface area (Å²) in [6.07, 6.45) is 1.31. The molecule has 0 aromatic heterocycles. The molecule has 0 amide bonds. The minimum atomic E-state index is -0.787. The summed E-state index contributed by atoms with van der Waals surface area (Å²) < 4.78 is 11.0. The van der Waals surface area contributed by atoms with E-state index in [4.69, 9.17) is 15.2 Å². The van der Waals surface area contributed by atoms with E-state index in [2.05, 4.69) is 0 Å². The Morgan fingerprint density at radius 3 is 2.37 bits per heavy atom. The van der Waals surface area contributed by atoms with Crippen molar-refractivity contribution < 1.29 is 14.6 Å². The summed E-state index contributed by atoms with van der Waals surface area (Å²) in [5, 5.41) is 10.2. The zero-order chi connectivity index (χ0) is 14.5. The van der Waals surface area contributed by atoms with E-state index in [1.165, 1.54) is 0 Å². The van der Waals surface area contributed by atoms with Crippen LogP contribution in [0, 0.1) is 0 Å². The molecule has 0 aliphatic heterocycles. The Hall–Kier alpha value is -1.26. The van der Waals surface area contributed by atoms with Crippen LogP contribution in [0.1, 0.15) is 45.2 Å². The minimum absolute atomic E-state index is 0.0498. The van der Waals surface area contributed by atoms with E-state index in [9.17, 15) is 5.11 Å². The van der Waals surface area contributed by atoms with Crippen molar-refractivity contribution in [1.29, 1.82) is 0 Å². The van der Waals surface area contributed by atoms with Crippen LogP contribution in [-0.4, -0.2) is 24.4 Å². The number of hydrogen-bond donors (Lipinski definition) is 2. The number of benzene rings is 1. The lowest BCUT2D eigenvalue weighted by Crippen LogP contribution is -2.34. The molecule has 0 saturated carbocycles. The molecule has 1 aromatic rings. The predicted molar refractivity (Wildman–Crippen MR) is 76.6 cm³/mol. The number of hydrogen-bond acceptors (Lipinski definition) is 4. The van der Waals surface area contributed by atoms with Gasteiger partial charge in [0, 0.05) is 6.04 Å². The van der Waals surface area contributed by atoms with Gasteiger partial charge >= 0.3 is 0 Å². The fraction of sp³-hybridized carbons (Fsp3) is 0.600. The van der Waals surface area contributed by atoms with Crippen molar-refractivity contribution in [2.24, 2.45) is 5.73 Å². The van der Waals surface area contributed by atoms with Crippen molar-refractivity contribution in [3.05, 3.63) is 23.8 Å². The van der Waals surface area contributed by atoms with E-state index < -0.39 is 5.60 Å². The maximum atomic E-state index is 10.2. The molecule has 108 valence electrons. The molecule has 1 unspecified atom stereocenters. The lowest BCUT2D eigenvalue weighted by Gasteiger charge is -2.25. The van der Waals surface area contributed by atoms with Gasteiger partial charge in [0.2, 0.25) is 0 Å². The van der Waals surface area contributed by atoms with Crippen LogP contribution in [0.3, 0.4) is 0 Å². The second kappa shape index (κ2) is 6.78. The Bertz CT molecular complexity index is 400. The third-order valence-electron chi connectivity index (χ3n) is 3.53. The second-order valence-corrected chi connectivity index (χ2v) is 4.92. The Morgan fingerprint density at radius 1 is 1.26 bits per heavy atom. The Morgan fingerprint density at radius 2 is 1.89 bits per heavy atom. The van der Waals surface area contributed by atoms with Crippen molar-refractivity contribution in [3.8, 4) is 11.5 Å². The zero-order valence-corrected chi connectivity index (χ0v) is 12.3. The number of nitrogens with two attached hydrogens (primary N) is 1. The molecular weight excluding hydrogens is 242 g/mol. The van der Waals surface area contributed by atoms with Gasteiger partial charge in [-0.1, -0.05) is 19.9 Å². The highest BCUT2D eigenvalue weighted by Crippen LogP contribution is 2.31. The summed E-state index contributed by atoms with van der Waals surface area (Å²) >= 11 is 0. The molecule has 0 spiro atoms. The zero-order valence-electron chi connectivity index (χ0n) is 12.3. The molecule has 19 heavy (non-hydrogen) atoms. The summed E-state index contributed by atoms with van der Waals surface area (Å²) in [6, 6.07) is 5.57. The highest BCUT2D eigenvalue weighted by atomic mass is 16.5. The Labute approximate surface area is 115 Å². The first-order valence-electron chi connectivity index (χ1n) is 6.74. The van der Waals surface area contributed by atoms with Gasteiger partial charge in [0.25, 0.3) is 0 Å². The van der Waals surface area contributed by atoms with Gasteiger partial charge in [0.05, 0.1) is 12.7 Å². The van der Waals surface area contributed by atoms with E-state index in [0.717, 1.165) is 5.56 Å². The number of aliphatic hydroxyl groups is 1. The van der Waals surface area contributed by atoms with Crippen LogP contribution in [0.5, 0.6) is 11.5 Å². The van der Waals surface area contributed by atoms with Crippen LogP contribution in [-0.2, 0) is 0 Å². The third kappa shape index (κ3) is 4.11. The third-order valence-corrected chi connectivity index (χ3v) is 3.53. The molecule has 0 aliphatic carbocycles. The summed E-state index contributed by atoms with van der Waals surface area (Å²) in [5.41, 5.74) is 6.04. The van der Waals surface area contributed by atoms with Gasteiger partial charge in [-0.15, -0.1) is 0 Å². The quantitative estimate of drug-likeness (QED) is 0.797. The van der Waals surface area contributed by atoms with Crippen molar-refractivity contribution in [2.45, 2.75) is 45.3 Å². The monoisotopic (exact) mass is 267 g/mol. The first-order valence-corrected chi connectivity index (χ1v) is 6.74. The molecule has 0 fully saturated rings. The van der Waals surface area contributed by atoms with E-state index >= 15 is 0 Å². The topological polar surface area (TPSA) is 64.7 Å². The van der Waals surface area contributed by atoms with E-state index in [1.54, 1.807) is 7.11 Å². The maximum Gasteiger partial charge on any atom is 0.161 e. The molecule has 0 aliphatic rings. The lowest BCUT2D eigenvalue weighted by molar-refractivity contribution is -0.0119. The summed E-state index contributed by atoms with van der Waals surface area (Å²) in [7, 11) is 1.60.